The third kappa shape index (κ3) is 55.1. The van der Waals surface area contributed by atoms with Crippen LogP contribution in [0, 0.1) is 0 Å². The highest BCUT2D eigenvalue weighted by Crippen LogP contribution is 2.17. The van der Waals surface area contributed by atoms with Crippen molar-refractivity contribution in [3.05, 3.63) is 48.6 Å². The van der Waals surface area contributed by atoms with Crippen LogP contribution in [0.15, 0.2) is 48.6 Å². The molecule has 3 N–H and O–H groups in total. The molecule has 0 aliphatic rings. The van der Waals surface area contributed by atoms with Gasteiger partial charge in [0.25, 0.3) is 0 Å². The number of rotatable bonds is 57. The Kier molecular flexibility index (Phi) is 57.5. The standard InChI is InChI=1S/C64H119NO5/c1-3-5-7-9-11-13-15-17-19-21-23-24-25-26-27-28-29-31-33-36-40-44-48-52-56-62(67)61(60-66)65-63(68)57-53-49-45-41-37-35-39-43-47-51-55-59-70-64(69)58-54-50-46-42-38-34-32-30-22-20-18-16-14-12-10-8-6-4-2/h14,16,20,22,39,43,52,56,61-62,66-67H,3-13,15,17-19,21,23-38,40-42,44-51,53-55,57-60H2,1-2H3,(H,65,68)/b16-14-,22-20-,43-39-,56-52+. The third-order valence-corrected chi connectivity index (χ3v) is 14.1. The minimum atomic E-state index is -0.866. The number of hydrogen-bond acceptors (Lipinski definition) is 5. The third-order valence-electron chi connectivity index (χ3n) is 14.1. The van der Waals surface area contributed by atoms with Crippen molar-refractivity contribution >= 4 is 11.9 Å². The molecule has 0 rings (SSSR count). The first-order valence-electron chi connectivity index (χ1n) is 30.9. The number of allylic oxidation sites excluding steroid dienone is 7. The summed E-state index contributed by atoms with van der Waals surface area (Å²) in [5, 5.41) is 23.2. The highest BCUT2D eigenvalue weighted by Gasteiger charge is 2.18. The normalized spacial score (nSPS) is 12.9. The number of hydrogen-bond donors (Lipinski definition) is 3. The molecule has 2 atom stereocenters. The van der Waals surface area contributed by atoms with Crippen LogP contribution >= 0.6 is 0 Å². The molecule has 0 aromatic rings. The Hall–Kier alpha value is -2.18. The Morgan fingerprint density at radius 2 is 0.714 bits per heavy atom. The Bertz CT molecular complexity index is 1180. The van der Waals surface area contributed by atoms with Crippen LogP contribution in [0.1, 0.15) is 322 Å². The van der Waals surface area contributed by atoms with Gasteiger partial charge >= 0.3 is 5.97 Å². The van der Waals surface area contributed by atoms with Gasteiger partial charge in [-0.25, -0.2) is 0 Å². The molecule has 6 heteroatoms. The average molecular weight is 983 g/mol. The van der Waals surface area contributed by atoms with Gasteiger partial charge in [0.2, 0.25) is 5.91 Å². The highest BCUT2D eigenvalue weighted by atomic mass is 16.5. The summed E-state index contributed by atoms with van der Waals surface area (Å²) >= 11 is 0. The highest BCUT2D eigenvalue weighted by molar-refractivity contribution is 5.76. The lowest BCUT2D eigenvalue weighted by Gasteiger charge is -2.20. The molecule has 2 unspecified atom stereocenters. The van der Waals surface area contributed by atoms with Gasteiger partial charge in [-0.1, -0.05) is 268 Å². The Labute approximate surface area is 436 Å². The van der Waals surface area contributed by atoms with E-state index in [0.29, 0.717) is 19.4 Å². The number of aliphatic hydroxyl groups is 2. The fraction of sp³-hybridized carbons (Fsp3) is 0.844. The van der Waals surface area contributed by atoms with E-state index in [-0.39, 0.29) is 18.5 Å². The van der Waals surface area contributed by atoms with E-state index in [2.05, 4.69) is 55.6 Å². The lowest BCUT2D eigenvalue weighted by molar-refractivity contribution is -0.143. The topological polar surface area (TPSA) is 95.9 Å². The molecule has 0 aromatic heterocycles. The summed E-state index contributed by atoms with van der Waals surface area (Å²) in [7, 11) is 0. The molecule has 0 saturated carbocycles. The number of ether oxygens (including phenoxy) is 1. The van der Waals surface area contributed by atoms with E-state index in [1.165, 1.54) is 205 Å². The van der Waals surface area contributed by atoms with E-state index in [1.807, 2.05) is 6.08 Å². The zero-order valence-electron chi connectivity index (χ0n) is 46.7. The van der Waals surface area contributed by atoms with Crippen molar-refractivity contribution in [1.82, 2.24) is 5.32 Å². The SMILES string of the molecule is CCCCCC/C=C\C/C=C\CCCCCCCCCC(=O)OCCCC/C=C\CCCCCCCC(=O)NC(CO)C(O)/C=C/CCCCCCCCCCCCCCCCCCCCCCCC. The van der Waals surface area contributed by atoms with E-state index >= 15 is 0 Å². The van der Waals surface area contributed by atoms with Gasteiger partial charge in [0.1, 0.15) is 0 Å². The zero-order valence-corrected chi connectivity index (χ0v) is 46.7. The summed E-state index contributed by atoms with van der Waals surface area (Å²) in [5.74, 6) is -0.136. The van der Waals surface area contributed by atoms with Crippen LogP contribution in [0.5, 0.6) is 0 Å². The van der Waals surface area contributed by atoms with Crippen molar-refractivity contribution in [3.63, 3.8) is 0 Å². The summed E-state index contributed by atoms with van der Waals surface area (Å²) in [5.41, 5.74) is 0. The van der Waals surface area contributed by atoms with Gasteiger partial charge in [0.15, 0.2) is 0 Å². The molecule has 0 aliphatic carbocycles. The first kappa shape index (κ1) is 67.8. The maximum atomic E-state index is 12.5. The zero-order chi connectivity index (χ0) is 50.7. The van der Waals surface area contributed by atoms with Gasteiger partial charge in [-0.3, -0.25) is 9.59 Å². The first-order chi connectivity index (χ1) is 34.5. The molecule has 0 bridgehead atoms. The van der Waals surface area contributed by atoms with Crippen LogP contribution in [0.4, 0.5) is 0 Å². The number of unbranched alkanes of at least 4 members (excludes halogenated alkanes) is 40. The van der Waals surface area contributed by atoms with E-state index in [9.17, 15) is 19.8 Å². The summed E-state index contributed by atoms with van der Waals surface area (Å²) in [6.07, 6.45) is 75.8. The summed E-state index contributed by atoms with van der Waals surface area (Å²) in [6, 6.07) is -0.652. The van der Waals surface area contributed by atoms with Crippen LogP contribution < -0.4 is 5.32 Å². The van der Waals surface area contributed by atoms with Crippen LogP contribution in [-0.4, -0.2) is 47.4 Å². The Morgan fingerprint density at radius 3 is 1.11 bits per heavy atom. The summed E-state index contributed by atoms with van der Waals surface area (Å²) in [6.45, 7) is 4.82. The lowest BCUT2D eigenvalue weighted by Crippen LogP contribution is -2.45. The molecule has 0 aromatic carbocycles. The lowest BCUT2D eigenvalue weighted by atomic mass is 10.0. The van der Waals surface area contributed by atoms with Crippen molar-refractivity contribution in [1.29, 1.82) is 0 Å². The maximum absolute atomic E-state index is 12.5. The number of carbonyl (C=O) groups excluding carboxylic acids is 2. The Balaban J connectivity index is 3.53. The molecular weight excluding hydrogens is 863 g/mol. The minimum absolute atomic E-state index is 0.0401. The summed E-state index contributed by atoms with van der Waals surface area (Å²) in [4.78, 5) is 24.6. The van der Waals surface area contributed by atoms with E-state index in [4.69, 9.17) is 4.74 Å². The minimum Gasteiger partial charge on any atom is -0.466 e. The number of nitrogens with one attached hydrogen (secondary N) is 1. The predicted molar refractivity (Wildman–Crippen MR) is 306 cm³/mol. The molecule has 0 heterocycles. The van der Waals surface area contributed by atoms with Gasteiger partial charge in [-0.05, 0) is 89.9 Å². The first-order valence-corrected chi connectivity index (χ1v) is 30.9. The van der Waals surface area contributed by atoms with Crippen molar-refractivity contribution in [2.24, 2.45) is 0 Å². The monoisotopic (exact) mass is 982 g/mol. The van der Waals surface area contributed by atoms with Gasteiger partial charge in [-0.2, -0.15) is 0 Å². The second-order valence-corrected chi connectivity index (χ2v) is 21.0. The molecule has 0 fully saturated rings. The Morgan fingerprint density at radius 1 is 0.400 bits per heavy atom. The second-order valence-electron chi connectivity index (χ2n) is 21.0. The molecule has 6 nitrogen and oxygen atoms in total. The number of carbonyl (C=O) groups is 2. The van der Waals surface area contributed by atoms with Crippen molar-refractivity contribution in [3.8, 4) is 0 Å². The second kappa shape index (κ2) is 59.4. The molecule has 0 radical (unpaired) electrons. The summed E-state index contributed by atoms with van der Waals surface area (Å²) < 4.78 is 5.45. The fourth-order valence-electron chi connectivity index (χ4n) is 9.31. The molecule has 70 heavy (non-hydrogen) atoms. The number of esters is 1. The van der Waals surface area contributed by atoms with E-state index in [1.54, 1.807) is 6.08 Å². The van der Waals surface area contributed by atoms with Crippen molar-refractivity contribution < 1.29 is 24.5 Å². The quantitative estimate of drug-likeness (QED) is 0.0321. The maximum Gasteiger partial charge on any atom is 0.305 e. The molecule has 1 amide bonds. The average Bonchev–Trinajstić information content (AvgIpc) is 3.36. The number of aliphatic hydroxyl groups excluding tert-OH is 2. The van der Waals surface area contributed by atoms with E-state index in [0.717, 1.165) is 89.9 Å². The largest absolute Gasteiger partial charge is 0.466 e. The fourth-order valence-corrected chi connectivity index (χ4v) is 9.31. The predicted octanol–water partition coefficient (Wildman–Crippen LogP) is 19.4. The van der Waals surface area contributed by atoms with Crippen LogP contribution in [-0.2, 0) is 14.3 Å². The molecule has 0 spiro atoms. The molecule has 410 valence electrons. The van der Waals surface area contributed by atoms with Gasteiger partial charge in [0.05, 0.1) is 25.4 Å². The van der Waals surface area contributed by atoms with Gasteiger partial charge in [0, 0.05) is 12.8 Å². The van der Waals surface area contributed by atoms with Gasteiger partial charge < -0.3 is 20.3 Å². The molecule has 0 saturated heterocycles. The molecular formula is C64H119NO5. The van der Waals surface area contributed by atoms with Crippen LogP contribution in [0.25, 0.3) is 0 Å². The van der Waals surface area contributed by atoms with Crippen LogP contribution in [0.2, 0.25) is 0 Å². The smallest absolute Gasteiger partial charge is 0.305 e. The van der Waals surface area contributed by atoms with Gasteiger partial charge in [-0.15, -0.1) is 0 Å². The van der Waals surface area contributed by atoms with E-state index < -0.39 is 12.1 Å². The number of amides is 1. The van der Waals surface area contributed by atoms with Crippen molar-refractivity contribution in [2.75, 3.05) is 13.2 Å². The van der Waals surface area contributed by atoms with Crippen molar-refractivity contribution in [2.45, 2.75) is 334 Å². The molecule has 0 aliphatic heterocycles. The van der Waals surface area contributed by atoms with Crippen LogP contribution in [0.3, 0.4) is 0 Å².